The van der Waals surface area contributed by atoms with Gasteiger partial charge in [0.05, 0.1) is 4.47 Å². The minimum absolute atomic E-state index is 0.0269. The smallest absolute Gasteiger partial charge is 0.266 e. The number of hydrogen-bond acceptors (Lipinski definition) is 3. The van der Waals surface area contributed by atoms with Crippen LogP contribution in [0.4, 0.5) is 5.69 Å². The van der Waals surface area contributed by atoms with Gasteiger partial charge in [-0.15, -0.1) is 0 Å². The zero-order valence-corrected chi connectivity index (χ0v) is 20.6. The third-order valence-corrected chi connectivity index (χ3v) is 5.90. The predicted molar refractivity (Wildman–Crippen MR) is 136 cm³/mol. The molecular formula is C25H20BrIN2O2. The number of aryl methyl sites for hydroxylation is 1. The maximum Gasteiger partial charge on any atom is 0.266 e. The Kier molecular flexibility index (Phi) is 8.27. The lowest BCUT2D eigenvalue weighted by Gasteiger charge is -2.09. The van der Waals surface area contributed by atoms with Gasteiger partial charge in [0.2, 0.25) is 0 Å². The van der Waals surface area contributed by atoms with Crippen molar-refractivity contribution in [1.29, 1.82) is 5.26 Å². The van der Waals surface area contributed by atoms with Crippen molar-refractivity contribution in [2.24, 2.45) is 0 Å². The first-order valence-electron chi connectivity index (χ1n) is 9.67. The van der Waals surface area contributed by atoms with Crippen LogP contribution in [0.2, 0.25) is 0 Å². The normalized spacial score (nSPS) is 11.0. The van der Waals surface area contributed by atoms with E-state index in [4.69, 9.17) is 4.74 Å². The topological polar surface area (TPSA) is 62.1 Å². The first kappa shape index (κ1) is 23.0. The highest BCUT2D eigenvalue weighted by molar-refractivity contribution is 14.1. The van der Waals surface area contributed by atoms with Crippen molar-refractivity contribution in [3.05, 3.63) is 97.0 Å². The van der Waals surface area contributed by atoms with Gasteiger partial charge in [-0.05, 0) is 104 Å². The molecule has 156 valence electrons. The largest absolute Gasteiger partial charge is 0.488 e. The number of rotatable bonds is 7. The van der Waals surface area contributed by atoms with Crippen LogP contribution < -0.4 is 10.1 Å². The molecule has 0 bridgehead atoms. The fourth-order valence-corrected chi connectivity index (χ4v) is 3.67. The third kappa shape index (κ3) is 6.68. The van der Waals surface area contributed by atoms with E-state index >= 15 is 0 Å². The molecule has 1 N–H and O–H groups in total. The van der Waals surface area contributed by atoms with Gasteiger partial charge in [0, 0.05) is 9.26 Å². The average Bonchev–Trinajstić information content (AvgIpc) is 2.78. The number of hydrogen-bond donors (Lipinski definition) is 1. The fraction of sp³-hybridized carbons (Fsp3) is 0.120. The SMILES string of the molecule is CCc1ccc(NC(=O)C(C#N)=Cc2ccc(OCc3ccc(I)cc3)c(Br)c2)cc1. The van der Waals surface area contributed by atoms with Crippen LogP contribution in [0.1, 0.15) is 23.6 Å². The Balaban J connectivity index is 1.68. The summed E-state index contributed by atoms with van der Waals surface area (Å²) < 4.78 is 7.80. The Labute approximate surface area is 204 Å². The Morgan fingerprint density at radius 1 is 1.10 bits per heavy atom. The van der Waals surface area contributed by atoms with Crippen molar-refractivity contribution in [3.8, 4) is 11.8 Å². The van der Waals surface area contributed by atoms with Gasteiger partial charge in [0.15, 0.2) is 0 Å². The van der Waals surface area contributed by atoms with E-state index in [0.29, 0.717) is 18.0 Å². The highest BCUT2D eigenvalue weighted by Crippen LogP contribution is 2.28. The van der Waals surface area contributed by atoms with Gasteiger partial charge in [-0.2, -0.15) is 5.26 Å². The Bertz CT molecular complexity index is 1130. The molecular weight excluding hydrogens is 567 g/mol. The molecule has 0 unspecified atom stereocenters. The lowest BCUT2D eigenvalue weighted by atomic mass is 10.1. The molecule has 3 aromatic rings. The summed E-state index contributed by atoms with van der Waals surface area (Å²) in [4.78, 5) is 12.5. The zero-order valence-electron chi connectivity index (χ0n) is 16.9. The summed E-state index contributed by atoms with van der Waals surface area (Å²) in [5.74, 6) is 0.247. The second-order valence-corrected chi connectivity index (χ2v) is 8.88. The molecule has 4 nitrogen and oxygen atoms in total. The highest BCUT2D eigenvalue weighted by atomic mass is 127. The Hall–Kier alpha value is -2.63. The summed E-state index contributed by atoms with van der Waals surface area (Å²) in [5.41, 5.74) is 3.67. The molecule has 0 saturated heterocycles. The van der Waals surface area contributed by atoms with E-state index in [2.05, 4.69) is 50.8 Å². The van der Waals surface area contributed by atoms with Gasteiger partial charge in [0.1, 0.15) is 24.0 Å². The quantitative estimate of drug-likeness (QED) is 0.189. The maximum atomic E-state index is 12.5. The van der Waals surface area contributed by atoms with Crippen molar-refractivity contribution in [2.45, 2.75) is 20.0 Å². The number of ether oxygens (including phenoxy) is 1. The van der Waals surface area contributed by atoms with Gasteiger partial charge in [-0.25, -0.2) is 0 Å². The summed E-state index contributed by atoms with van der Waals surface area (Å²) >= 11 is 5.78. The molecule has 0 aliphatic heterocycles. The summed E-state index contributed by atoms with van der Waals surface area (Å²) in [7, 11) is 0. The van der Waals surface area contributed by atoms with Gasteiger partial charge >= 0.3 is 0 Å². The number of nitriles is 1. The van der Waals surface area contributed by atoms with Crippen LogP contribution in [0, 0.1) is 14.9 Å². The van der Waals surface area contributed by atoms with Gasteiger partial charge in [0.25, 0.3) is 5.91 Å². The van der Waals surface area contributed by atoms with E-state index in [1.165, 1.54) is 9.13 Å². The van der Waals surface area contributed by atoms with Crippen molar-refractivity contribution in [2.75, 3.05) is 5.32 Å². The van der Waals surface area contributed by atoms with Crippen LogP contribution in [-0.2, 0) is 17.8 Å². The molecule has 0 aliphatic carbocycles. The fourth-order valence-electron chi connectivity index (χ4n) is 2.80. The first-order valence-corrected chi connectivity index (χ1v) is 11.5. The molecule has 0 atom stereocenters. The minimum Gasteiger partial charge on any atom is -0.488 e. The van der Waals surface area contributed by atoms with E-state index < -0.39 is 5.91 Å². The van der Waals surface area contributed by atoms with Crippen molar-refractivity contribution < 1.29 is 9.53 Å². The number of halogens is 2. The summed E-state index contributed by atoms with van der Waals surface area (Å²) in [5, 5.41) is 12.2. The lowest BCUT2D eigenvalue weighted by Crippen LogP contribution is -2.13. The van der Waals surface area contributed by atoms with Crippen LogP contribution in [0.15, 0.2) is 76.8 Å². The van der Waals surface area contributed by atoms with E-state index in [1.54, 1.807) is 6.08 Å². The Morgan fingerprint density at radius 3 is 2.39 bits per heavy atom. The predicted octanol–water partition coefficient (Wildman–Crippen LogP) is 6.74. The second-order valence-electron chi connectivity index (χ2n) is 6.78. The molecule has 6 heteroatoms. The number of carbonyl (C=O) groups is 1. The third-order valence-electron chi connectivity index (χ3n) is 4.56. The molecule has 31 heavy (non-hydrogen) atoms. The minimum atomic E-state index is -0.443. The molecule has 0 aromatic heterocycles. The first-order chi connectivity index (χ1) is 15.0. The number of nitrogens with one attached hydrogen (secondary N) is 1. The monoisotopic (exact) mass is 586 g/mol. The van der Waals surface area contributed by atoms with Crippen molar-refractivity contribution >= 4 is 56.2 Å². The number of anilines is 1. The zero-order chi connectivity index (χ0) is 22.2. The number of carbonyl (C=O) groups excluding carboxylic acids is 1. The van der Waals surface area contributed by atoms with E-state index in [0.717, 1.165) is 22.0 Å². The maximum absolute atomic E-state index is 12.5. The summed E-state index contributed by atoms with van der Waals surface area (Å²) in [6, 6.07) is 23.1. The van der Waals surface area contributed by atoms with Crippen LogP contribution in [0.3, 0.4) is 0 Å². The number of amides is 1. The van der Waals surface area contributed by atoms with Gasteiger partial charge in [-0.3, -0.25) is 4.79 Å². The van der Waals surface area contributed by atoms with Crippen LogP contribution in [0.25, 0.3) is 6.08 Å². The molecule has 0 aliphatic rings. The van der Waals surface area contributed by atoms with Crippen LogP contribution >= 0.6 is 38.5 Å². The number of benzene rings is 3. The standard InChI is InChI=1S/C25H20BrIN2O2/c1-2-17-5-10-22(11-6-17)29-25(30)20(15-28)13-19-7-12-24(23(26)14-19)31-16-18-3-8-21(27)9-4-18/h3-14H,2,16H2,1H3,(H,29,30). The molecule has 0 fully saturated rings. The summed E-state index contributed by atoms with van der Waals surface area (Å²) in [6.45, 7) is 2.52. The highest BCUT2D eigenvalue weighted by Gasteiger charge is 2.11. The molecule has 3 aromatic carbocycles. The molecule has 0 saturated carbocycles. The molecule has 0 heterocycles. The van der Waals surface area contributed by atoms with Gasteiger partial charge in [-0.1, -0.05) is 37.3 Å². The van der Waals surface area contributed by atoms with Crippen molar-refractivity contribution in [1.82, 2.24) is 0 Å². The average molecular weight is 587 g/mol. The molecule has 0 radical (unpaired) electrons. The summed E-state index contributed by atoms with van der Waals surface area (Å²) in [6.07, 6.45) is 2.49. The lowest BCUT2D eigenvalue weighted by molar-refractivity contribution is -0.112. The molecule has 0 spiro atoms. The molecule has 3 rings (SSSR count). The van der Waals surface area contributed by atoms with Crippen LogP contribution in [0.5, 0.6) is 5.75 Å². The van der Waals surface area contributed by atoms with Crippen LogP contribution in [-0.4, -0.2) is 5.91 Å². The molecule has 1 amide bonds. The van der Waals surface area contributed by atoms with E-state index in [-0.39, 0.29) is 5.57 Å². The van der Waals surface area contributed by atoms with Gasteiger partial charge < -0.3 is 10.1 Å². The Morgan fingerprint density at radius 2 is 1.77 bits per heavy atom. The number of nitrogens with zero attached hydrogens (tertiary/aromatic N) is 1. The second kappa shape index (κ2) is 11.1. The van der Waals surface area contributed by atoms with E-state index in [9.17, 15) is 10.1 Å². The van der Waals surface area contributed by atoms with Crippen molar-refractivity contribution in [3.63, 3.8) is 0 Å². The van der Waals surface area contributed by atoms with E-state index in [1.807, 2.05) is 72.8 Å².